The number of nitrogen functional groups attached to an aromatic ring is 1. The Morgan fingerprint density at radius 1 is 1.24 bits per heavy atom. The van der Waals surface area contributed by atoms with Crippen molar-refractivity contribution in [1.29, 1.82) is 5.26 Å². The molecule has 0 aliphatic heterocycles. The number of nitriles is 1. The van der Waals surface area contributed by atoms with E-state index in [9.17, 15) is 9.35 Å². The standard InChI is InChI=1S/C15H13N3O2S/c1-10(19)18-15-8-13(6-7-14(15)17)21(20)12-4-2-11(9-16)3-5-12/h2-8H,17H2,1H3,(H,18,19). The van der Waals surface area contributed by atoms with Crippen LogP contribution in [0.4, 0.5) is 11.4 Å². The van der Waals surface area contributed by atoms with Gasteiger partial charge >= 0.3 is 0 Å². The van der Waals surface area contributed by atoms with E-state index in [-0.39, 0.29) is 5.91 Å². The van der Waals surface area contributed by atoms with Crippen molar-refractivity contribution in [2.75, 3.05) is 11.1 Å². The van der Waals surface area contributed by atoms with Crippen molar-refractivity contribution in [3.8, 4) is 6.07 Å². The number of hydrogen-bond donors (Lipinski definition) is 2. The molecule has 3 N–H and O–H groups in total. The Morgan fingerprint density at radius 3 is 2.43 bits per heavy atom. The van der Waals surface area contributed by atoms with Gasteiger partial charge in [-0.2, -0.15) is 5.26 Å². The van der Waals surface area contributed by atoms with Crippen molar-refractivity contribution >= 4 is 28.5 Å². The summed E-state index contributed by atoms with van der Waals surface area (Å²) in [6.45, 7) is 1.38. The van der Waals surface area contributed by atoms with Gasteiger partial charge < -0.3 is 15.6 Å². The zero-order valence-corrected chi connectivity index (χ0v) is 12.1. The highest BCUT2D eigenvalue weighted by molar-refractivity contribution is 7.91. The van der Waals surface area contributed by atoms with E-state index in [0.29, 0.717) is 26.7 Å². The van der Waals surface area contributed by atoms with Gasteiger partial charge in [0.05, 0.1) is 23.0 Å². The van der Waals surface area contributed by atoms with Crippen LogP contribution in [0.25, 0.3) is 0 Å². The molecule has 2 rings (SSSR count). The van der Waals surface area contributed by atoms with Crippen molar-refractivity contribution in [3.63, 3.8) is 0 Å². The third-order valence-electron chi connectivity index (χ3n) is 2.75. The number of carbonyl (C=O) groups is 1. The highest BCUT2D eigenvalue weighted by atomic mass is 32.2. The van der Waals surface area contributed by atoms with Crippen LogP contribution in [0.2, 0.25) is 0 Å². The summed E-state index contributed by atoms with van der Waals surface area (Å²) < 4.78 is 12.5. The van der Waals surface area contributed by atoms with Gasteiger partial charge in [0.2, 0.25) is 5.91 Å². The number of hydrogen-bond acceptors (Lipinski definition) is 4. The van der Waals surface area contributed by atoms with Crippen LogP contribution in [0.15, 0.2) is 52.3 Å². The largest absolute Gasteiger partial charge is 0.606 e. The maximum absolute atomic E-state index is 12.5. The Morgan fingerprint density at radius 2 is 1.86 bits per heavy atom. The first kappa shape index (κ1) is 14.9. The van der Waals surface area contributed by atoms with Crippen molar-refractivity contribution < 1.29 is 9.35 Å². The lowest BCUT2D eigenvalue weighted by atomic mass is 10.2. The number of anilines is 2. The fourth-order valence-corrected chi connectivity index (χ4v) is 2.81. The van der Waals surface area contributed by atoms with Gasteiger partial charge in [-0.15, -0.1) is 0 Å². The van der Waals surface area contributed by atoms with E-state index in [1.54, 1.807) is 42.5 Å². The third kappa shape index (κ3) is 3.54. The molecular weight excluding hydrogens is 286 g/mol. The average molecular weight is 299 g/mol. The second-order valence-corrected chi connectivity index (χ2v) is 5.82. The van der Waals surface area contributed by atoms with E-state index >= 15 is 0 Å². The number of amides is 1. The molecule has 1 amide bonds. The molecule has 5 nitrogen and oxygen atoms in total. The molecule has 1 atom stereocenters. The minimum absolute atomic E-state index is 0.247. The summed E-state index contributed by atoms with van der Waals surface area (Å²) in [4.78, 5) is 12.2. The molecule has 21 heavy (non-hydrogen) atoms. The smallest absolute Gasteiger partial charge is 0.221 e. The van der Waals surface area contributed by atoms with Crippen molar-refractivity contribution in [2.45, 2.75) is 16.7 Å². The van der Waals surface area contributed by atoms with Gasteiger partial charge in [0, 0.05) is 24.2 Å². The molecule has 2 aromatic carbocycles. The monoisotopic (exact) mass is 299 g/mol. The second kappa shape index (κ2) is 6.31. The molecule has 0 aliphatic carbocycles. The van der Waals surface area contributed by atoms with Gasteiger partial charge in [-0.05, 0) is 36.4 Å². The SMILES string of the molecule is CC(=O)Nc1cc([S+]([O-])c2ccc(C#N)cc2)ccc1N. The van der Waals surface area contributed by atoms with Crippen LogP contribution in [0.1, 0.15) is 12.5 Å². The van der Waals surface area contributed by atoms with E-state index in [1.807, 2.05) is 6.07 Å². The summed E-state index contributed by atoms with van der Waals surface area (Å²) in [5, 5.41) is 11.4. The van der Waals surface area contributed by atoms with Crippen LogP contribution in [0.5, 0.6) is 0 Å². The highest BCUT2D eigenvalue weighted by Crippen LogP contribution is 2.27. The van der Waals surface area contributed by atoms with Gasteiger partial charge in [0.1, 0.15) is 0 Å². The average Bonchev–Trinajstić information content (AvgIpc) is 2.48. The maximum Gasteiger partial charge on any atom is 0.221 e. The lowest BCUT2D eigenvalue weighted by molar-refractivity contribution is -0.114. The molecular formula is C15H13N3O2S. The number of nitrogens with two attached hydrogens (primary N) is 1. The number of nitrogens with one attached hydrogen (secondary N) is 1. The molecule has 0 radical (unpaired) electrons. The van der Waals surface area contributed by atoms with Crippen LogP contribution in [0.3, 0.4) is 0 Å². The lowest BCUT2D eigenvalue weighted by Gasteiger charge is -2.12. The number of carbonyl (C=O) groups excluding carboxylic acids is 1. The molecule has 0 aromatic heterocycles. The molecule has 0 heterocycles. The van der Waals surface area contributed by atoms with E-state index in [1.165, 1.54) is 6.92 Å². The summed E-state index contributed by atoms with van der Waals surface area (Å²) in [5.41, 5.74) is 7.11. The predicted molar refractivity (Wildman–Crippen MR) is 81.0 cm³/mol. The van der Waals surface area contributed by atoms with Crippen LogP contribution in [0, 0.1) is 11.3 Å². The summed E-state index contributed by atoms with van der Waals surface area (Å²) in [5.74, 6) is -0.247. The number of nitrogens with zero attached hydrogens (tertiary/aromatic N) is 1. The Hall–Kier alpha value is -2.49. The molecule has 2 aromatic rings. The fraction of sp³-hybridized carbons (Fsp3) is 0.0667. The molecule has 0 fully saturated rings. The number of benzene rings is 2. The summed E-state index contributed by atoms with van der Waals surface area (Å²) >= 11 is -1.41. The summed E-state index contributed by atoms with van der Waals surface area (Å²) in [7, 11) is 0. The Labute approximate surface area is 125 Å². The zero-order chi connectivity index (χ0) is 15.4. The van der Waals surface area contributed by atoms with Crippen LogP contribution in [-0.4, -0.2) is 10.5 Å². The van der Waals surface area contributed by atoms with Crippen LogP contribution >= 0.6 is 0 Å². The summed E-state index contributed by atoms with van der Waals surface area (Å²) in [6.07, 6.45) is 0. The molecule has 0 spiro atoms. The van der Waals surface area contributed by atoms with Crippen LogP contribution < -0.4 is 11.1 Å². The first-order chi connectivity index (χ1) is 10.0. The second-order valence-electron chi connectivity index (χ2n) is 4.34. The zero-order valence-electron chi connectivity index (χ0n) is 11.3. The minimum Gasteiger partial charge on any atom is -0.606 e. The third-order valence-corrected chi connectivity index (χ3v) is 4.13. The van der Waals surface area contributed by atoms with Gasteiger partial charge in [-0.3, -0.25) is 4.79 Å². The Balaban J connectivity index is 2.32. The van der Waals surface area contributed by atoms with Crippen molar-refractivity contribution in [3.05, 3.63) is 48.0 Å². The van der Waals surface area contributed by atoms with E-state index < -0.39 is 11.2 Å². The molecule has 106 valence electrons. The quantitative estimate of drug-likeness (QED) is 0.670. The van der Waals surface area contributed by atoms with Gasteiger partial charge in [0.25, 0.3) is 0 Å². The Kier molecular flexibility index (Phi) is 4.48. The van der Waals surface area contributed by atoms with Crippen molar-refractivity contribution in [2.24, 2.45) is 0 Å². The molecule has 0 aliphatic rings. The molecule has 0 saturated carbocycles. The minimum atomic E-state index is -1.41. The van der Waals surface area contributed by atoms with Gasteiger partial charge in [0.15, 0.2) is 9.79 Å². The lowest BCUT2D eigenvalue weighted by Crippen LogP contribution is -2.10. The maximum atomic E-state index is 12.5. The first-order valence-corrected chi connectivity index (χ1v) is 7.25. The molecule has 6 heteroatoms. The van der Waals surface area contributed by atoms with E-state index in [2.05, 4.69) is 5.32 Å². The molecule has 1 unspecified atom stereocenters. The van der Waals surface area contributed by atoms with Crippen LogP contribution in [-0.2, 0) is 16.0 Å². The predicted octanol–water partition coefficient (Wildman–Crippen LogP) is 2.27. The van der Waals surface area contributed by atoms with Gasteiger partial charge in [-0.1, -0.05) is 0 Å². The van der Waals surface area contributed by atoms with E-state index in [0.717, 1.165) is 0 Å². The normalized spacial score (nSPS) is 11.5. The van der Waals surface area contributed by atoms with E-state index in [4.69, 9.17) is 11.0 Å². The number of rotatable bonds is 3. The Bertz CT molecular complexity index is 708. The van der Waals surface area contributed by atoms with Gasteiger partial charge in [-0.25, -0.2) is 0 Å². The fourth-order valence-electron chi connectivity index (χ4n) is 1.74. The van der Waals surface area contributed by atoms with Crippen molar-refractivity contribution in [1.82, 2.24) is 0 Å². The highest BCUT2D eigenvalue weighted by Gasteiger charge is 2.16. The first-order valence-electron chi connectivity index (χ1n) is 6.10. The topological polar surface area (TPSA) is 102 Å². The molecule has 0 bridgehead atoms. The summed E-state index contributed by atoms with van der Waals surface area (Å²) in [6, 6.07) is 13.3. The molecule has 0 saturated heterocycles.